The standard InChI is InChI=1S/C9H17N/c1-3-5-7-9-10-8-6-4-2/h3,5,7,9-10H,4,6,8H2,1-2H3/b5-3-,9-7-. The van der Waals surface area contributed by atoms with Crippen LogP contribution in [-0.4, -0.2) is 6.54 Å². The lowest BCUT2D eigenvalue weighted by atomic mass is 10.3. The maximum Gasteiger partial charge on any atom is 0.0141 e. The number of allylic oxidation sites excluding steroid dienone is 3. The molecule has 0 aromatic carbocycles. The van der Waals surface area contributed by atoms with Crippen LogP contribution in [0.2, 0.25) is 0 Å². The molecule has 0 spiro atoms. The van der Waals surface area contributed by atoms with E-state index in [0.29, 0.717) is 0 Å². The molecule has 0 fully saturated rings. The van der Waals surface area contributed by atoms with Gasteiger partial charge in [-0.25, -0.2) is 0 Å². The molecule has 1 N–H and O–H groups in total. The summed E-state index contributed by atoms with van der Waals surface area (Å²) in [5.74, 6) is 0. The normalized spacial score (nSPS) is 11.4. The second kappa shape index (κ2) is 8.28. The summed E-state index contributed by atoms with van der Waals surface area (Å²) in [6.07, 6.45) is 10.5. The van der Waals surface area contributed by atoms with Crippen LogP contribution in [0.5, 0.6) is 0 Å². The molecular formula is C9H17N. The second-order valence-electron chi connectivity index (χ2n) is 2.19. The molecule has 0 rings (SSSR count). The van der Waals surface area contributed by atoms with Crippen LogP contribution < -0.4 is 5.32 Å². The van der Waals surface area contributed by atoms with E-state index in [1.54, 1.807) is 0 Å². The Hall–Kier alpha value is -0.720. The molecule has 1 heteroatoms. The SMILES string of the molecule is C/C=C\C=C/NCCCC. The third-order valence-electron chi connectivity index (χ3n) is 1.19. The number of unbranched alkanes of at least 4 members (excludes halogenated alkanes) is 1. The van der Waals surface area contributed by atoms with Crippen molar-refractivity contribution in [3.05, 3.63) is 24.4 Å². The Morgan fingerprint density at radius 2 is 2.10 bits per heavy atom. The molecule has 0 saturated heterocycles. The topological polar surface area (TPSA) is 12.0 Å². The van der Waals surface area contributed by atoms with Gasteiger partial charge in [0.25, 0.3) is 0 Å². The summed E-state index contributed by atoms with van der Waals surface area (Å²) in [7, 11) is 0. The van der Waals surface area contributed by atoms with Gasteiger partial charge in [0.05, 0.1) is 0 Å². The summed E-state index contributed by atoms with van der Waals surface area (Å²) in [4.78, 5) is 0. The lowest BCUT2D eigenvalue weighted by molar-refractivity contribution is 0.735. The Morgan fingerprint density at radius 3 is 2.70 bits per heavy atom. The second-order valence-corrected chi connectivity index (χ2v) is 2.19. The predicted molar refractivity (Wildman–Crippen MR) is 46.9 cm³/mol. The molecule has 0 unspecified atom stereocenters. The number of hydrogen-bond acceptors (Lipinski definition) is 1. The number of hydrogen-bond donors (Lipinski definition) is 1. The third-order valence-corrected chi connectivity index (χ3v) is 1.19. The highest BCUT2D eigenvalue weighted by atomic mass is 14.8. The van der Waals surface area contributed by atoms with E-state index in [4.69, 9.17) is 0 Å². The van der Waals surface area contributed by atoms with E-state index in [-0.39, 0.29) is 0 Å². The van der Waals surface area contributed by atoms with Crippen molar-refractivity contribution in [1.29, 1.82) is 0 Å². The summed E-state index contributed by atoms with van der Waals surface area (Å²) in [5.41, 5.74) is 0. The molecule has 0 saturated carbocycles. The molecule has 0 aliphatic rings. The molecule has 0 amide bonds. The van der Waals surface area contributed by atoms with Crippen molar-refractivity contribution >= 4 is 0 Å². The Kier molecular flexibility index (Phi) is 7.68. The van der Waals surface area contributed by atoms with Gasteiger partial charge in [0.1, 0.15) is 0 Å². The van der Waals surface area contributed by atoms with Crippen LogP contribution in [0.3, 0.4) is 0 Å². The smallest absolute Gasteiger partial charge is 0.0141 e. The van der Waals surface area contributed by atoms with Crippen molar-refractivity contribution in [3.8, 4) is 0 Å². The van der Waals surface area contributed by atoms with Crippen molar-refractivity contribution in [3.63, 3.8) is 0 Å². The fraction of sp³-hybridized carbons (Fsp3) is 0.556. The van der Waals surface area contributed by atoms with Gasteiger partial charge in [-0.2, -0.15) is 0 Å². The molecule has 10 heavy (non-hydrogen) atoms. The van der Waals surface area contributed by atoms with Crippen LogP contribution in [0.15, 0.2) is 24.4 Å². The lowest BCUT2D eigenvalue weighted by Gasteiger charge is -1.94. The van der Waals surface area contributed by atoms with Gasteiger partial charge in [-0.15, -0.1) is 0 Å². The molecule has 0 aromatic rings. The van der Waals surface area contributed by atoms with E-state index in [9.17, 15) is 0 Å². The summed E-state index contributed by atoms with van der Waals surface area (Å²) in [6.45, 7) is 5.29. The molecule has 0 aliphatic carbocycles. The van der Waals surface area contributed by atoms with Gasteiger partial charge < -0.3 is 5.32 Å². The summed E-state index contributed by atoms with van der Waals surface area (Å²) < 4.78 is 0. The maximum atomic E-state index is 3.19. The summed E-state index contributed by atoms with van der Waals surface area (Å²) in [5, 5.41) is 3.19. The number of nitrogens with one attached hydrogen (secondary N) is 1. The largest absolute Gasteiger partial charge is 0.391 e. The van der Waals surface area contributed by atoms with E-state index in [0.717, 1.165) is 6.54 Å². The maximum absolute atomic E-state index is 3.19. The predicted octanol–water partition coefficient (Wildman–Crippen LogP) is 2.47. The van der Waals surface area contributed by atoms with Crippen LogP contribution in [0, 0.1) is 0 Å². The molecule has 0 radical (unpaired) electrons. The van der Waals surface area contributed by atoms with Crippen molar-refractivity contribution < 1.29 is 0 Å². The zero-order valence-corrected chi connectivity index (χ0v) is 6.93. The zero-order valence-electron chi connectivity index (χ0n) is 6.93. The van der Waals surface area contributed by atoms with E-state index in [1.807, 2.05) is 31.4 Å². The highest BCUT2D eigenvalue weighted by Crippen LogP contribution is 1.82. The average molecular weight is 139 g/mol. The van der Waals surface area contributed by atoms with E-state index < -0.39 is 0 Å². The first kappa shape index (κ1) is 9.28. The molecule has 0 aliphatic heterocycles. The quantitative estimate of drug-likeness (QED) is 0.455. The van der Waals surface area contributed by atoms with Crippen LogP contribution >= 0.6 is 0 Å². The Morgan fingerprint density at radius 1 is 1.30 bits per heavy atom. The Bertz CT molecular complexity index is 103. The van der Waals surface area contributed by atoms with Gasteiger partial charge in [-0.05, 0) is 25.6 Å². The fourth-order valence-electron chi connectivity index (χ4n) is 0.597. The lowest BCUT2D eigenvalue weighted by Crippen LogP contribution is -2.05. The first-order chi connectivity index (χ1) is 4.91. The van der Waals surface area contributed by atoms with Crippen LogP contribution in [0.1, 0.15) is 26.7 Å². The van der Waals surface area contributed by atoms with Crippen LogP contribution in [0.25, 0.3) is 0 Å². The van der Waals surface area contributed by atoms with Crippen molar-refractivity contribution in [2.45, 2.75) is 26.7 Å². The van der Waals surface area contributed by atoms with E-state index >= 15 is 0 Å². The van der Waals surface area contributed by atoms with Gasteiger partial charge in [0.2, 0.25) is 0 Å². The minimum atomic E-state index is 1.09. The van der Waals surface area contributed by atoms with Crippen LogP contribution in [-0.2, 0) is 0 Å². The molecule has 58 valence electrons. The third kappa shape index (κ3) is 7.28. The van der Waals surface area contributed by atoms with Gasteiger partial charge in [0.15, 0.2) is 0 Å². The highest BCUT2D eigenvalue weighted by molar-refractivity contribution is 4.99. The first-order valence-electron chi connectivity index (χ1n) is 3.93. The zero-order chi connectivity index (χ0) is 7.66. The minimum absolute atomic E-state index is 1.09. The van der Waals surface area contributed by atoms with Gasteiger partial charge in [-0.3, -0.25) is 0 Å². The van der Waals surface area contributed by atoms with Gasteiger partial charge >= 0.3 is 0 Å². The van der Waals surface area contributed by atoms with Gasteiger partial charge in [-0.1, -0.05) is 25.5 Å². The molecule has 0 aromatic heterocycles. The molecule has 0 bridgehead atoms. The summed E-state index contributed by atoms with van der Waals surface area (Å²) in [6, 6.07) is 0. The Balaban J connectivity index is 3.02. The fourth-order valence-corrected chi connectivity index (χ4v) is 0.597. The molecule has 0 atom stereocenters. The highest BCUT2D eigenvalue weighted by Gasteiger charge is 1.76. The number of rotatable bonds is 5. The molecule has 0 heterocycles. The molecular weight excluding hydrogens is 122 g/mol. The van der Waals surface area contributed by atoms with Crippen LogP contribution in [0.4, 0.5) is 0 Å². The minimum Gasteiger partial charge on any atom is -0.391 e. The van der Waals surface area contributed by atoms with Crippen molar-refractivity contribution in [2.75, 3.05) is 6.54 Å². The van der Waals surface area contributed by atoms with E-state index in [1.165, 1.54) is 12.8 Å². The summed E-state index contributed by atoms with van der Waals surface area (Å²) >= 11 is 0. The average Bonchev–Trinajstić information content (AvgIpc) is 1.97. The Labute approximate surface area is 63.8 Å². The van der Waals surface area contributed by atoms with E-state index in [2.05, 4.69) is 12.2 Å². The van der Waals surface area contributed by atoms with Gasteiger partial charge in [0, 0.05) is 6.54 Å². The molecule has 1 nitrogen and oxygen atoms in total. The first-order valence-corrected chi connectivity index (χ1v) is 3.93. The monoisotopic (exact) mass is 139 g/mol. The van der Waals surface area contributed by atoms with Crippen molar-refractivity contribution in [2.24, 2.45) is 0 Å². The van der Waals surface area contributed by atoms with Crippen molar-refractivity contribution in [1.82, 2.24) is 5.32 Å².